The monoisotopic (exact) mass is 188 g/mol. The van der Waals surface area contributed by atoms with Crippen LogP contribution in [0.5, 0.6) is 5.75 Å². The molecule has 0 spiro atoms. The molecule has 0 saturated heterocycles. The summed E-state index contributed by atoms with van der Waals surface area (Å²) in [6.07, 6.45) is 5.54. The van der Waals surface area contributed by atoms with Gasteiger partial charge in [-0.1, -0.05) is 18.2 Å². The van der Waals surface area contributed by atoms with E-state index in [9.17, 15) is 0 Å². The molecule has 0 radical (unpaired) electrons. The van der Waals surface area contributed by atoms with Crippen molar-refractivity contribution in [3.05, 3.63) is 54.4 Å². The fourth-order valence-corrected chi connectivity index (χ4v) is 1.18. The molecular weight excluding hydrogens is 176 g/mol. The lowest BCUT2D eigenvalue weighted by Gasteiger charge is -2.21. The first-order valence-electron chi connectivity index (χ1n) is 4.48. The van der Waals surface area contributed by atoms with Crippen LogP contribution in [-0.4, -0.2) is 11.6 Å². The smallest absolute Gasteiger partial charge is 0.155 e. The van der Waals surface area contributed by atoms with Gasteiger partial charge in [0.05, 0.1) is 6.54 Å². The molecule has 0 amide bonds. The third-order valence-corrected chi connectivity index (χ3v) is 1.91. The lowest BCUT2D eigenvalue weighted by molar-refractivity contribution is 0.00314. The lowest BCUT2D eigenvalue weighted by Crippen LogP contribution is -2.24. The highest BCUT2D eigenvalue weighted by atomic mass is 16.7. The minimum atomic E-state index is 0.678. The number of hydrogen-bond donors (Lipinski definition) is 1. The number of nitrogens with two attached hydrogens (primary N) is 1. The van der Waals surface area contributed by atoms with Gasteiger partial charge in [-0.3, -0.25) is 0 Å². The Balaban J connectivity index is 1.98. The molecule has 0 bridgehead atoms. The van der Waals surface area contributed by atoms with Crippen molar-refractivity contribution < 1.29 is 4.84 Å². The Kier molecular flexibility index (Phi) is 2.40. The maximum atomic E-state index is 5.58. The van der Waals surface area contributed by atoms with E-state index < -0.39 is 0 Å². The third kappa shape index (κ3) is 2.07. The molecule has 2 rings (SSSR count). The highest BCUT2D eigenvalue weighted by Gasteiger charge is 2.03. The van der Waals surface area contributed by atoms with E-state index >= 15 is 0 Å². The molecule has 1 aliphatic heterocycles. The second kappa shape index (κ2) is 3.87. The van der Waals surface area contributed by atoms with Gasteiger partial charge in [0, 0.05) is 11.9 Å². The van der Waals surface area contributed by atoms with Gasteiger partial charge in [-0.2, -0.15) is 0 Å². The summed E-state index contributed by atoms with van der Waals surface area (Å²) in [5, 5.41) is 1.73. The standard InChI is InChI=1S/C11H12N2O/c12-10-6-8-13(9-7-10)14-11-4-2-1-3-5-11/h1-8H,9,12H2. The van der Waals surface area contributed by atoms with Crippen LogP contribution in [0.4, 0.5) is 0 Å². The zero-order chi connectivity index (χ0) is 9.80. The Morgan fingerprint density at radius 1 is 1.21 bits per heavy atom. The van der Waals surface area contributed by atoms with Gasteiger partial charge in [0.15, 0.2) is 5.75 Å². The van der Waals surface area contributed by atoms with Crippen molar-refractivity contribution in [3.63, 3.8) is 0 Å². The Labute approximate surface area is 83.0 Å². The van der Waals surface area contributed by atoms with Crippen LogP contribution in [0.3, 0.4) is 0 Å². The van der Waals surface area contributed by atoms with E-state index in [4.69, 9.17) is 10.6 Å². The normalized spacial score (nSPS) is 15.1. The summed E-state index contributed by atoms with van der Waals surface area (Å²) >= 11 is 0. The molecule has 1 aromatic rings. The van der Waals surface area contributed by atoms with E-state index in [1.54, 1.807) is 5.06 Å². The SMILES string of the molecule is NC1=CCN(Oc2ccccc2)C=C1. The molecule has 3 nitrogen and oxygen atoms in total. The van der Waals surface area contributed by atoms with E-state index in [1.165, 1.54) is 0 Å². The Bertz CT molecular complexity index is 357. The van der Waals surface area contributed by atoms with Gasteiger partial charge in [-0.15, -0.1) is 0 Å². The van der Waals surface area contributed by atoms with Crippen molar-refractivity contribution in [2.75, 3.05) is 6.54 Å². The number of para-hydroxylation sites is 1. The topological polar surface area (TPSA) is 38.5 Å². The van der Waals surface area contributed by atoms with Gasteiger partial charge in [-0.05, 0) is 24.3 Å². The molecule has 0 fully saturated rings. The van der Waals surface area contributed by atoms with Gasteiger partial charge in [0.2, 0.25) is 0 Å². The van der Waals surface area contributed by atoms with Crippen molar-refractivity contribution in [3.8, 4) is 5.75 Å². The van der Waals surface area contributed by atoms with Crippen molar-refractivity contribution in [1.82, 2.24) is 5.06 Å². The van der Waals surface area contributed by atoms with Crippen molar-refractivity contribution >= 4 is 0 Å². The third-order valence-electron chi connectivity index (χ3n) is 1.91. The first-order chi connectivity index (χ1) is 6.84. The zero-order valence-corrected chi connectivity index (χ0v) is 7.76. The number of rotatable bonds is 2. The molecule has 0 aromatic heterocycles. The predicted molar refractivity (Wildman–Crippen MR) is 55.2 cm³/mol. The average Bonchev–Trinajstić information content (AvgIpc) is 2.23. The number of nitrogens with zero attached hydrogens (tertiary/aromatic N) is 1. The minimum Gasteiger partial charge on any atom is -0.399 e. The second-order valence-corrected chi connectivity index (χ2v) is 3.02. The molecule has 2 N–H and O–H groups in total. The van der Waals surface area contributed by atoms with Gasteiger partial charge in [0.25, 0.3) is 0 Å². The van der Waals surface area contributed by atoms with Gasteiger partial charge in [-0.25, -0.2) is 5.06 Å². The van der Waals surface area contributed by atoms with E-state index in [0.29, 0.717) is 6.54 Å². The number of hydrogen-bond acceptors (Lipinski definition) is 3. The van der Waals surface area contributed by atoms with Crippen LogP contribution in [-0.2, 0) is 0 Å². The summed E-state index contributed by atoms with van der Waals surface area (Å²) < 4.78 is 0. The summed E-state index contributed by atoms with van der Waals surface area (Å²) in [6, 6.07) is 9.65. The minimum absolute atomic E-state index is 0.678. The van der Waals surface area contributed by atoms with E-state index in [-0.39, 0.29) is 0 Å². The molecule has 1 heterocycles. The first-order valence-corrected chi connectivity index (χ1v) is 4.48. The maximum Gasteiger partial charge on any atom is 0.155 e. The highest BCUT2D eigenvalue weighted by molar-refractivity contribution is 5.22. The van der Waals surface area contributed by atoms with Crippen molar-refractivity contribution in [1.29, 1.82) is 0 Å². The van der Waals surface area contributed by atoms with Gasteiger partial charge < -0.3 is 10.6 Å². The largest absolute Gasteiger partial charge is 0.399 e. The number of allylic oxidation sites excluding steroid dienone is 1. The second-order valence-electron chi connectivity index (χ2n) is 3.02. The molecule has 3 heteroatoms. The molecule has 0 saturated carbocycles. The van der Waals surface area contributed by atoms with Crippen LogP contribution in [0.15, 0.2) is 54.4 Å². The van der Waals surface area contributed by atoms with Crippen LogP contribution < -0.4 is 10.6 Å². The van der Waals surface area contributed by atoms with Gasteiger partial charge >= 0.3 is 0 Å². The van der Waals surface area contributed by atoms with E-state index in [0.717, 1.165) is 11.4 Å². The molecule has 1 aromatic carbocycles. The van der Waals surface area contributed by atoms with Gasteiger partial charge in [0.1, 0.15) is 0 Å². The zero-order valence-electron chi connectivity index (χ0n) is 7.76. The fraction of sp³-hybridized carbons (Fsp3) is 0.0909. The average molecular weight is 188 g/mol. The van der Waals surface area contributed by atoms with Crippen molar-refractivity contribution in [2.24, 2.45) is 5.73 Å². The lowest BCUT2D eigenvalue weighted by atomic mass is 10.3. The van der Waals surface area contributed by atoms with Crippen LogP contribution in [0.1, 0.15) is 0 Å². The summed E-state index contributed by atoms with van der Waals surface area (Å²) in [4.78, 5) is 5.55. The number of benzene rings is 1. The van der Waals surface area contributed by atoms with Crippen molar-refractivity contribution in [2.45, 2.75) is 0 Å². The molecular formula is C11H12N2O. The molecule has 1 aliphatic rings. The van der Waals surface area contributed by atoms with E-state index in [1.807, 2.05) is 48.7 Å². The maximum absolute atomic E-state index is 5.58. The fourth-order valence-electron chi connectivity index (χ4n) is 1.18. The predicted octanol–water partition coefficient (Wildman–Crippen LogP) is 1.65. The Hall–Kier alpha value is -1.90. The summed E-state index contributed by atoms with van der Waals surface area (Å²) in [5.41, 5.74) is 6.36. The van der Waals surface area contributed by atoms with Crippen LogP contribution in [0.25, 0.3) is 0 Å². The summed E-state index contributed by atoms with van der Waals surface area (Å²) in [5.74, 6) is 0.825. The molecule has 0 aliphatic carbocycles. The highest BCUT2D eigenvalue weighted by Crippen LogP contribution is 2.12. The van der Waals surface area contributed by atoms with E-state index in [2.05, 4.69) is 0 Å². The summed E-state index contributed by atoms with van der Waals surface area (Å²) in [7, 11) is 0. The Morgan fingerprint density at radius 2 is 2.00 bits per heavy atom. The van der Waals surface area contributed by atoms with Crippen LogP contribution in [0, 0.1) is 0 Å². The quantitative estimate of drug-likeness (QED) is 0.767. The van der Waals surface area contributed by atoms with Crippen LogP contribution >= 0.6 is 0 Å². The molecule has 14 heavy (non-hydrogen) atoms. The number of hydroxylamine groups is 2. The first kappa shape index (κ1) is 8.69. The summed E-state index contributed by atoms with van der Waals surface area (Å²) in [6.45, 7) is 0.678. The molecule has 0 atom stereocenters. The molecule has 72 valence electrons. The molecule has 0 unspecified atom stereocenters. The Morgan fingerprint density at radius 3 is 2.64 bits per heavy atom. The van der Waals surface area contributed by atoms with Crippen LogP contribution in [0.2, 0.25) is 0 Å².